The molecule has 0 aromatic heterocycles. The van der Waals surface area contributed by atoms with Gasteiger partial charge < -0.3 is 9.47 Å². The van der Waals surface area contributed by atoms with Crippen LogP contribution < -0.4 is 9.47 Å². The molecule has 0 N–H and O–H groups in total. The standard InChI is InChI=1S/C30H24N2O2/c1-3-11-21(12-4-1)29-19-25(23-15-7-9-17-27(23)33-29)31-32-26-20-30(22-13-5-2-6-14-22)34-28-18-10-8-16-24(26)28/h1-18,29-30H,19-20H2/t29-,30+. The van der Waals surface area contributed by atoms with E-state index in [0.717, 1.165) is 45.2 Å². The molecule has 6 rings (SSSR count). The molecule has 4 aromatic carbocycles. The Labute approximate surface area is 199 Å². The topological polar surface area (TPSA) is 43.2 Å². The summed E-state index contributed by atoms with van der Waals surface area (Å²) < 4.78 is 12.6. The molecule has 4 nitrogen and oxygen atoms in total. The largest absolute Gasteiger partial charge is 0.485 e. The van der Waals surface area contributed by atoms with Crippen LogP contribution in [0.5, 0.6) is 11.5 Å². The summed E-state index contributed by atoms with van der Waals surface area (Å²) in [5, 5.41) is 9.64. The first-order chi connectivity index (χ1) is 16.8. The molecule has 4 heteroatoms. The molecule has 4 aromatic rings. The maximum absolute atomic E-state index is 6.32. The van der Waals surface area contributed by atoms with Crippen molar-refractivity contribution < 1.29 is 9.47 Å². The Morgan fingerprint density at radius 2 is 0.853 bits per heavy atom. The molecule has 0 aliphatic carbocycles. The highest BCUT2D eigenvalue weighted by molar-refractivity contribution is 6.07. The molecule has 34 heavy (non-hydrogen) atoms. The lowest BCUT2D eigenvalue weighted by Gasteiger charge is -2.28. The lowest BCUT2D eigenvalue weighted by Crippen LogP contribution is -2.22. The summed E-state index contributed by atoms with van der Waals surface area (Å²) in [6.07, 6.45) is 1.15. The molecule has 0 unspecified atom stereocenters. The van der Waals surface area contributed by atoms with E-state index in [9.17, 15) is 0 Å². The molecule has 2 heterocycles. The molecular formula is C30H24N2O2. The summed E-state index contributed by atoms with van der Waals surface area (Å²) in [6, 6.07) is 36.7. The molecule has 0 spiro atoms. The molecule has 0 radical (unpaired) electrons. The number of ether oxygens (including phenoxy) is 2. The lowest BCUT2D eigenvalue weighted by atomic mass is 9.95. The average Bonchev–Trinajstić information content (AvgIpc) is 2.92. The quantitative estimate of drug-likeness (QED) is 0.322. The minimum Gasteiger partial charge on any atom is -0.485 e. The number of fused-ring (bicyclic) bond motifs is 2. The van der Waals surface area contributed by atoms with Crippen LogP contribution in [-0.2, 0) is 0 Å². The van der Waals surface area contributed by atoms with Crippen molar-refractivity contribution in [3.63, 3.8) is 0 Å². The van der Waals surface area contributed by atoms with Crippen molar-refractivity contribution in [3.8, 4) is 11.5 Å². The second kappa shape index (κ2) is 8.99. The van der Waals surface area contributed by atoms with Crippen LogP contribution in [0.1, 0.15) is 47.3 Å². The van der Waals surface area contributed by atoms with Gasteiger partial charge in [0.2, 0.25) is 0 Å². The van der Waals surface area contributed by atoms with Crippen LogP contribution >= 0.6 is 0 Å². The van der Waals surface area contributed by atoms with Crippen LogP contribution in [0.2, 0.25) is 0 Å². The number of hydrogen-bond donors (Lipinski definition) is 0. The zero-order valence-electron chi connectivity index (χ0n) is 18.7. The second-order valence-corrected chi connectivity index (χ2v) is 8.53. The molecule has 0 amide bonds. The van der Waals surface area contributed by atoms with Gasteiger partial charge >= 0.3 is 0 Å². The third-order valence-electron chi connectivity index (χ3n) is 6.33. The minimum atomic E-state index is -0.0888. The van der Waals surface area contributed by atoms with Crippen LogP contribution in [0, 0.1) is 0 Å². The van der Waals surface area contributed by atoms with Crippen molar-refractivity contribution in [1.29, 1.82) is 0 Å². The van der Waals surface area contributed by atoms with Crippen molar-refractivity contribution >= 4 is 11.4 Å². The third kappa shape index (κ3) is 3.99. The summed E-state index contributed by atoms with van der Waals surface area (Å²) in [5.74, 6) is 1.69. The highest BCUT2D eigenvalue weighted by Crippen LogP contribution is 2.37. The first kappa shape index (κ1) is 20.4. The third-order valence-corrected chi connectivity index (χ3v) is 6.33. The minimum absolute atomic E-state index is 0.0888. The molecule has 0 fully saturated rings. The Hall–Kier alpha value is -4.18. The van der Waals surface area contributed by atoms with Gasteiger partial charge in [0.25, 0.3) is 0 Å². The number of rotatable bonds is 3. The zero-order valence-corrected chi connectivity index (χ0v) is 18.7. The summed E-state index contributed by atoms with van der Waals surface area (Å²) in [7, 11) is 0. The zero-order chi connectivity index (χ0) is 22.7. The Morgan fingerprint density at radius 1 is 0.471 bits per heavy atom. The van der Waals surface area contributed by atoms with Gasteiger partial charge in [0, 0.05) is 24.0 Å². The maximum Gasteiger partial charge on any atom is 0.129 e. The van der Waals surface area contributed by atoms with Crippen LogP contribution in [-0.4, -0.2) is 11.4 Å². The van der Waals surface area contributed by atoms with E-state index in [1.807, 2.05) is 72.8 Å². The Kier molecular flexibility index (Phi) is 5.40. The van der Waals surface area contributed by atoms with Gasteiger partial charge in [-0.2, -0.15) is 10.2 Å². The molecule has 2 aliphatic rings. The van der Waals surface area contributed by atoms with Crippen molar-refractivity contribution in [1.82, 2.24) is 0 Å². The number of hydrogen-bond acceptors (Lipinski definition) is 4. The van der Waals surface area contributed by atoms with Crippen molar-refractivity contribution in [2.45, 2.75) is 25.0 Å². The van der Waals surface area contributed by atoms with E-state index >= 15 is 0 Å². The molecule has 0 bridgehead atoms. The van der Waals surface area contributed by atoms with E-state index in [2.05, 4.69) is 36.4 Å². The highest BCUT2D eigenvalue weighted by Gasteiger charge is 2.28. The Bertz CT molecular complexity index is 1260. The predicted molar refractivity (Wildman–Crippen MR) is 135 cm³/mol. The Balaban J connectivity index is 1.39. The molecule has 166 valence electrons. The van der Waals surface area contributed by atoms with E-state index < -0.39 is 0 Å². The second-order valence-electron chi connectivity index (χ2n) is 8.53. The lowest BCUT2D eigenvalue weighted by molar-refractivity contribution is 0.205. The maximum atomic E-state index is 6.32. The molecule has 0 saturated heterocycles. The van der Waals surface area contributed by atoms with Gasteiger partial charge in [-0.25, -0.2) is 0 Å². The van der Waals surface area contributed by atoms with Gasteiger partial charge in [0.1, 0.15) is 23.7 Å². The van der Waals surface area contributed by atoms with E-state index in [4.69, 9.17) is 19.7 Å². The van der Waals surface area contributed by atoms with Gasteiger partial charge in [-0.1, -0.05) is 84.9 Å². The number of benzene rings is 4. The fourth-order valence-electron chi connectivity index (χ4n) is 4.59. The first-order valence-electron chi connectivity index (χ1n) is 11.6. The normalized spacial score (nSPS) is 21.3. The van der Waals surface area contributed by atoms with E-state index in [-0.39, 0.29) is 12.2 Å². The van der Waals surface area contributed by atoms with Gasteiger partial charge in [0.15, 0.2) is 0 Å². The van der Waals surface area contributed by atoms with E-state index in [1.54, 1.807) is 0 Å². The summed E-state index contributed by atoms with van der Waals surface area (Å²) in [4.78, 5) is 0. The van der Waals surface area contributed by atoms with Crippen molar-refractivity contribution in [2.75, 3.05) is 0 Å². The van der Waals surface area contributed by atoms with Gasteiger partial charge in [-0.3, -0.25) is 0 Å². The average molecular weight is 445 g/mol. The van der Waals surface area contributed by atoms with Gasteiger partial charge in [-0.05, 0) is 35.4 Å². The number of nitrogens with zero attached hydrogens (tertiary/aromatic N) is 2. The summed E-state index contributed by atoms with van der Waals surface area (Å²) in [5.41, 5.74) is 6.14. The fraction of sp³-hybridized carbons (Fsp3) is 0.133. The summed E-state index contributed by atoms with van der Waals surface area (Å²) in [6.45, 7) is 0. The van der Waals surface area contributed by atoms with Gasteiger partial charge in [-0.15, -0.1) is 0 Å². The molecule has 0 saturated carbocycles. The predicted octanol–water partition coefficient (Wildman–Crippen LogP) is 6.93. The smallest absolute Gasteiger partial charge is 0.129 e. The van der Waals surface area contributed by atoms with Crippen molar-refractivity contribution in [2.24, 2.45) is 10.2 Å². The van der Waals surface area contributed by atoms with Crippen LogP contribution in [0.15, 0.2) is 119 Å². The monoisotopic (exact) mass is 444 g/mol. The number of para-hydroxylation sites is 2. The van der Waals surface area contributed by atoms with Crippen molar-refractivity contribution in [3.05, 3.63) is 131 Å². The van der Waals surface area contributed by atoms with Crippen LogP contribution in [0.4, 0.5) is 0 Å². The molecule has 2 aliphatic heterocycles. The summed E-state index contributed by atoms with van der Waals surface area (Å²) >= 11 is 0. The SMILES string of the molecule is c1ccc([C@@H]2CC(=NN=C3C[C@H](c4ccccc4)Oc4ccccc43)c3ccccc3O2)cc1. The fourth-order valence-corrected chi connectivity index (χ4v) is 4.59. The molecule has 2 atom stereocenters. The van der Waals surface area contributed by atoms with E-state index in [0.29, 0.717) is 12.8 Å². The first-order valence-corrected chi connectivity index (χ1v) is 11.6. The van der Waals surface area contributed by atoms with Crippen LogP contribution in [0.3, 0.4) is 0 Å². The Morgan fingerprint density at radius 3 is 1.29 bits per heavy atom. The highest BCUT2D eigenvalue weighted by atomic mass is 16.5. The molecular weight excluding hydrogens is 420 g/mol. The van der Waals surface area contributed by atoms with Crippen LogP contribution in [0.25, 0.3) is 0 Å². The van der Waals surface area contributed by atoms with Gasteiger partial charge in [0.05, 0.1) is 11.4 Å². The van der Waals surface area contributed by atoms with E-state index in [1.165, 1.54) is 0 Å².